The Bertz CT molecular complexity index is 676. The van der Waals surface area contributed by atoms with Crippen LogP contribution >= 0.6 is 15.9 Å². The van der Waals surface area contributed by atoms with Crippen molar-refractivity contribution in [3.8, 4) is 11.8 Å². The Morgan fingerprint density at radius 3 is 2.65 bits per heavy atom. The van der Waals surface area contributed by atoms with E-state index in [4.69, 9.17) is 15.1 Å². The van der Waals surface area contributed by atoms with Crippen molar-refractivity contribution in [1.29, 1.82) is 5.26 Å². The number of nitrogens with two attached hydrogens (primary N) is 1. The smallest absolute Gasteiger partial charge is 0.241 e. The monoisotopic (exact) mass is 358 g/mol. The largest absolute Gasteiger partial charge is 0.491 e. The Kier molecular flexibility index (Phi) is 4.09. The molecule has 1 aliphatic carbocycles. The zero-order valence-corrected chi connectivity index (χ0v) is 13.4. The minimum Gasteiger partial charge on any atom is -0.491 e. The van der Waals surface area contributed by atoms with Crippen LogP contribution in [0.15, 0.2) is 21.5 Å². The second-order valence-corrected chi connectivity index (χ2v) is 7.66. The van der Waals surface area contributed by atoms with Crippen LogP contribution in [0.4, 0.5) is 0 Å². The van der Waals surface area contributed by atoms with Crippen LogP contribution in [0.3, 0.4) is 0 Å². The molecule has 0 radical (unpaired) electrons. The molecule has 1 fully saturated rings. The lowest BCUT2D eigenvalue weighted by Crippen LogP contribution is -2.18. The van der Waals surface area contributed by atoms with Crippen LogP contribution in [0, 0.1) is 23.7 Å². The molecule has 0 atom stereocenters. The summed E-state index contributed by atoms with van der Waals surface area (Å²) < 4.78 is 29.6. The lowest BCUT2D eigenvalue weighted by Gasteiger charge is -2.17. The van der Waals surface area contributed by atoms with Gasteiger partial charge in [-0.3, -0.25) is 0 Å². The summed E-state index contributed by atoms with van der Waals surface area (Å²) in [5.74, 6) is 0.278. The summed E-state index contributed by atoms with van der Waals surface area (Å²) in [6, 6.07) is 5.35. The van der Waals surface area contributed by atoms with Crippen LogP contribution < -0.4 is 9.88 Å². The Labute approximate surface area is 126 Å². The van der Waals surface area contributed by atoms with E-state index in [1.165, 1.54) is 6.07 Å². The van der Waals surface area contributed by atoms with E-state index in [1.54, 1.807) is 13.0 Å². The fourth-order valence-corrected chi connectivity index (χ4v) is 3.53. The van der Waals surface area contributed by atoms with Crippen molar-refractivity contribution < 1.29 is 13.2 Å². The van der Waals surface area contributed by atoms with Crippen molar-refractivity contribution in [3.05, 3.63) is 22.2 Å². The first kappa shape index (κ1) is 15.3. The highest BCUT2D eigenvalue weighted by Gasteiger charge is 2.43. The summed E-state index contributed by atoms with van der Waals surface area (Å²) in [6.45, 7) is 2.10. The number of hydrogen-bond acceptors (Lipinski definition) is 4. The lowest BCUT2D eigenvalue weighted by molar-refractivity contribution is 0.230. The minimum atomic E-state index is -3.86. The standard InChI is InChI=1S/C13H15BrN2O3S/c1-9-6-10(14)7-11(20(16,17)18)12(9)19-8-13(2-3-13)4-5-15/h6-7H,2-4,8H2,1H3,(H2,16,17,18). The number of primary sulfonamides is 1. The lowest BCUT2D eigenvalue weighted by atomic mass is 10.1. The van der Waals surface area contributed by atoms with Gasteiger partial charge in [0.15, 0.2) is 0 Å². The molecule has 0 aromatic heterocycles. The number of ether oxygens (including phenoxy) is 1. The molecular weight excluding hydrogens is 344 g/mol. The van der Waals surface area contributed by atoms with Gasteiger partial charge in [-0.1, -0.05) is 15.9 Å². The van der Waals surface area contributed by atoms with E-state index in [0.717, 1.165) is 12.8 Å². The maximum atomic E-state index is 11.6. The SMILES string of the molecule is Cc1cc(Br)cc(S(N)(=O)=O)c1OCC1(CC#N)CC1. The molecule has 0 unspecified atom stereocenters. The summed E-state index contributed by atoms with van der Waals surface area (Å²) >= 11 is 3.25. The van der Waals surface area contributed by atoms with Crippen molar-refractivity contribution in [2.24, 2.45) is 10.6 Å². The number of nitriles is 1. The number of rotatable bonds is 5. The van der Waals surface area contributed by atoms with Gasteiger partial charge in [0.05, 0.1) is 12.7 Å². The number of nitrogens with zero attached hydrogens (tertiary/aromatic N) is 1. The Hall–Kier alpha value is -1.10. The second-order valence-electron chi connectivity index (χ2n) is 5.22. The molecule has 0 spiro atoms. The summed E-state index contributed by atoms with van der Waals surface area (Å²) in [6.07, 6.45) is 2.29. The predicted octanol–water partition coefficient (Wildman–Crippen LogP) is 2.48. The van der Waals surface area contributed by atoms with Gasteiger partial charge < -0.3 is 4.74 Å². The van der Waals surface area contributed by atoms with E-state index in [1.807, 2.05) is 0 Å². The molecule has 1 aliphatic rings. The first-order chi connectivity index (χ1) is 9.27. The van der Waals surface area contributed by atoms with Gasteiger partial charge in [0, 0.05) is 16.3 Å². The molecule has 0 saturated heterocycles. The van der Waals surface area contributed by atoms with Gasteiger partial charge in [-0.25, -0.2) is 13.6 Å². The molecule has 0 aliphatic heterocycles. The summed E-state index contributed by atoms with van der Waals surface area (Å²) in [7, 11) is -3.86. The molecule has 5 nitrogen and oxygen atoms in total. The van der Waals surface area contributed by atoms with E-state index >= 15 is 0 Å². The predicted molar refractivity (Wildman–Crippen MR) is 77.6 cm³/mol. The zero-order valence-electron chi connectivity index (χ0n) is 11.0. The average molecular weight is 359 g/mol. The first-order valence-electron chi connectivity index (χ1n) is 6.10. The quantitative estimate of drug-likeness (QED) is 0.874. The van der Waals surface area contributed by atoms with Gasteiger partial charge in [0.25, 0.3) is 0 Å². The molecular formula is C13H15BrN2O3S. The molecule has 2 N–H and O–H groups in total. The van der Waals surface area contributed by atoms with Gasteiger partial charge in [-0.05, 0) is 37.5 Å². The Morgan fingerprint density at radius 1 is 1.50 bits per heavy atom. The molecule has 0 bridgehead atoms. The first-order valence-corrected chi connectivity index (χ1v) is 8.44. The third-order valence-corrected chi connectivity index (χ3v) is 4.82. The molecule has 108 valence electrons. The van der Waals surface area contributed by atoms with Crippen LogP contribution in [-0.2, 0) is 10.0 Å². The highest BCUT2D eigenvalue weighted by atomic mass is 79.9. The van der Waals surface area contributed by atoms with E-state index in [0.29, 0.717) is 23.1 Å². The molecule has 1 aromatic carbocycles. The number of hydrogen-bond donors (Lipinski definition) is 1. The normalized spacial score (nSPS) is 16.5. The van der Waals surface area contributed by atoms with Crippen molar-refractivity contribution in [2.45, 2.75) is 31.1 Å². The van der Waals surface area contributed by atoms with Gasteiger partial charge in [-0.15, -0.1) is 0 Å². The van der Waals surface area contributed by atoms with E-state index < -0.39 is 10.0 Å². The number of benzene rings is 1. The molecule has 1 aromatic rings. The summed E-state index contributed by atoms with van der Waals surface area (Å²) in [4.78, 5) is -0.0304. The van der Waals surface area contributed by atoms with Gasteiger partial charge >= 0.3 is 0 Å². The second kappa shape index (κ2) is 5.35. The van der Waals surface area contributed by atoms with Crippen LogP contribution in [-0.4, -0.2) is 15.0 Å². The fraction of sp³-hybridized carbons (Fsp3) is 0.462. The van der Waals surface area contributed by atoms with E-state index in [2.05, 4.69) is 22.0 Å². The van der Waals surface area contributed by atoms with Crippen molar-refractivity contribution >= 4 is 26.0 Å². The fourth-order valence-electron chi connectivity index (χ4n) is 2.04. The van der Waals surface area contributed by atoms with Gasteiger partial charge in [-0.2, -0.15) is 5.26 Å². The highest BCUT2D eigenvalue weighted by Crippen LogP contribution is 2.49. The van der Waals surface area contributed by atoms with Crippen LogP contribution in [0.5, 0.6) is 5.75 Å². The van der Waals surface area contributed by atoms with Crippen LogP contribution in [0.2, 0.25) is 0 Å². The summed E-state index contributed by atoms with van der Waals surface area (Å²) in [5.41, 5.74) is 0.570. The number of sulfonamides is 1. The third kappa shape index (κ3) is 3.32. The van der Waals surface area contributed by atoms with E-state index in [-0.39, 0.29) is 16.1 Å². The minimum absolute atomic E-state index is 0.0304. The van der Waals surface area contributed by atoms with Gasteiger partial charge in [0.1, 0.15) is 10.6 Å². The Morgan fingerprint density at radius 2 is 2.15 bits per heavy atom. The van der Waals surface area contributed by atoms with Crippen molar-refractivity contribution in [3.63, 3.8) is 0 Å². The third-order valence-electron chi connectivity index (χ3n) is 3.45. The number of aryl methyl sites for hydroxylation is 1. The maximum Gasteiger partial charge on any atom is 0.241 e. The zero-order chi connectivity index (χ0) is 15.0. The van der Waals surface area contributed by atoms with Crippen molar-refractivity contribution in [1.82, 2.24) is 0 Å². The topological polar surface area (TPSA) is 93.2 Å². The molecule has 20 heavy (non-hydrogen) atoms. The molecule has 0 amide bonds. The molecule has 7 heteroatoms. The molecule has 2 rings (SSSR count). The average Bonchev–Trinajstić information content (AvgIpc) is 3.06. The van der Waals surface area contributed by atoms with Crippen LogP contribution in [0.25, 0.3) is 0 Å². The molecule has 1 saturated carbocycles. The maximum absolute atomic E-state index is 11.6. The van der Waals surface area contributed by atoms with Crippen LogP contribution in [0.1, 0.15) is 24.8 Å². The Balaban J connectivity index is 2.30. The van der Waals surface area contributed by atoms with Gasteiger partial charge in [0.2, 0.25) is 10.0 Å². The van der Waals surface area contributed by atoms with E-state index in [9.17, 15) is 8.42 Å². The highest BCUT2D eigenvalue weighted by molar-refractivity contribution is 9.10. The number of halogens is 1. The summed E-state index contributed by atoms with van der Waals surface area (Å²) in [5, 5.41) is 14.0. The van der Waals surface area contributed by atoms with Crippen molar-refractivity contribution in [2.75, 3.05) is 6.61 Å². The molecule has 0 heterocycles.